The summed E-state index contributed by atoms with van der Waals surface area (Å²) in [7, 11) is 0. The molecule has 0 amide bonds. The van der Waals surface area contributed by atoms with Crippen LogP contribution in [0.1, 0.15) is 45.7 Å². The van der Waals surface area contributed by atoms with E-state index in [1.54, 1.807) is 0 Å². The molecule has 2 atom stereocenters. The summed E-state index contributed by atoms with van der Waals surface area (Å²) in [5.74, 6) is 0. The molecule has 2 unspecified atom stereocenters. The third-order valence-electron chi connectivity index (χ3n) is 9.35. The van der Waals surface area contributed by atoms with E-state index in [4.69, 9.17) is 9.98 Å². The van der Waals surface area contributed by atoms with Gasteiger partial charge >= 0.3 is 0 Å². The van der Waals surface area contributed by atoms with Crippen molar-refractivity contribution in [1.29, 1.82) is 0 Å². The van der Waals surface area contributed by atoms with E-state index in [1.165, 1.54) is 55.2 Å². The zero-order valence-corrected chi connectivity index (χ0v) is 22.3. The number of fused-ring (bicyclic) bond motifs is 14. The Labute approximate surface area is 236 Å². The van der Waals surface area contributed by atoms with E-state index in [0.717, 1.165) is 35.0 Å². The van der Waals surface area contributed by atoms with E-state index in [9.17, 15) is 0 Å². The van der Waals surface area contributed by atoms with Crippen molar-refractivity contribution in [3.63, 3.8) is 0 Å². The van der Waals surface area contributed by atoms with Crippen LogP contribution in [0.3, 0.4) is 0 Å². The first-order valence-electron chi connectivity index (χ1n) is 14.4. The van der Waals surface area contributed by atoms with Gasteiger partial charge < -0.3 is 0 Å². The monoisotopic (exact) mass is 527 g/mol. The van der Waals surface area contributed by atoms with Gasteiger partial charge in [0.2, 0.25) is 0 Å². The molecular weight excluding hydrogens is 502 g/mol. The zero-order chi connectivity index (χ0) is 26.7. The molecule has 4 aromatic carbocycles. The van der Waals surface area contributed by atoms with Gasteiger partial charge in [-0.2, -0.15) is 0 Å². The van der Waals surface area contributed by atoms with Crippen molar-refractivity contribution in [2.75, 3.05) is 5.53 Å². The molecule has 41 heavy (non-hydrogen) atoms. The van der Waals surface area contributed by atoms with Gasteiger partial charge in [0.05, 0.1) is 45.6 Å². The van der Waals surface area contributed by atoms with E-state index in [-0.39, 0.29) is 12.1 Å². The number of hydrogen-bond donors (Lipinski definition) is 1. The SMILES string of the molecule is C1=c2/c3ccccc3/c3n2Nn2c(c4ccccc4c2CC2N=C(\C=3)c3ccccc32)CC2N=C/1c1ccccc12. The van der Waals surface area contributed by atoms with Gasteiger partial charge in [0.1, 0.15) is 0 Å². The van der Waals surface area contributed by atoms with E-state index < -0.39 is 0 Å². The normalized spacial score (nSPS) is 21.1. The van der Waals surface area contributed by atoms with E-state index in [1.807, 2.05) is 0 Å². The standard InChI is InChI=1S/C36H25N5/c1-2-10-22-21(9-1)29-17-33-25-13-5-6-14-26(25)35-19-31-23-11-3-4-12-24(23)32(38-31)20-36-28-16-8-7-15-27(28)34(18-30(22)37-29)41(36)39-40(33)35/h1-17,19,30,32,39H,18,20H2/b33-17-,35-19-. The Balaban J connectivity index is 1.42. The number of hydrogen-bond acceptors (Lipinski definition) is 3. The van der Waals surface area contributed by atoms with Crippen molar-refractivity contribution in [3.05, 3.63) is 141 Å². The summed E-state index contributed by atoms with van der Waals surface area (Å²) < 4.78 is 4.63. The van der Waals surface area contributed by atoms with Crippen LogP contribution in [-0.2, 0) is 12.8 Å². The minimum absolute atomic E-state index is 0.0627. The molecule has 0 saturated carbocycles. The number of nitrogens with one attached hydrogen (secondary N) is 1. The van der Waals surface area contributed by atoms with Crippen LogP contribution in [0, 0.1) is 0 Å². The van der Waals surface area contributed by atoms with Crippen molar-refractivity contribution in [2.45, 2.75) is 24.9 Å². The van der Waals surface area contributed by atoms with Crippen LogP contribution in [-0.4, -0.2) is 20.8 Å². The zero-order valence-electron chi connectivity index (χ0n) is 22.3. The Bertz CT molecular complexity index is 2150. The molecule has 1 N–H and O–H groups in total. The largest absolute Gasteiger partial charge is 0.276 e. The quantitative estimate of drug-likeness (QED) is 0.284. The number of benzene rings is 4. The van der Waals surface area contributed by atoms with Gasteiger partial charge in [-0.25, -0.2) is 14.9 Å². The first-order chi connectivity index (χ1) is 20.3. The fraction of sp³-hybridized carbons (Fsp3) is 0.111. The van der Waals surface area contributed by atoms with Gasteiger partial charge in [0.15, 0.2) is 0 Å². The fourth-order valence-corrected chi connectivity index (χ4v) is 7.53. The number of aromatic nitrogens is 2. The first-order valence-corrected chi connectivity index (χ1v) is 14.4. The predicted octanol–water partition coefficient (Wildman–Crippen LogP) is 5.36. The summed E-state index contributed by atoms with van der Waals surface area (Å²) in [6, 6.07) is 35.2. The molecule has 10 rings (SSSR count). The molecule has 6 aromatic rings. The maximum Gasteiger partial charge on any atom is 0.0818 e. The molecule has 5 heteroatoms. The molecule has 0 fully saturated rings. The minimum Gasteiger partial charge on any atom is -0.276 e. The number of aliphatic imine (C=N–C) groups is 2. The third-order valence-corrected chi connectivity index (χ3v) is 9.35. The average Bonchev–Trinajstić information content (AvgIpc) is 3.72. The minimum atomic E-state index is 0.0627. The molecule has 4 aliphatic rings. The molecule has 194 valence electrons. The second-order valence-corrected chi connectivity index (χ2v) is 11.5. The van der Waals surface area contributed by atoms with Gasteiger partial charge in [-0.05, 0) is 23.3 Å². The van der Waals surface area contributed by atoms with Crippen molar-refractivity contribution < 1.29 is 0 Å². The smallest absolute Gasteiger partial charge is 0.0818 e. The van der Waals surface area contributed by atoms with Crippen LogP contribution in [0.2, 0.25) is 0 Å². The fourth-order valence-electron chi connectivity index (χ4n) is 7.53. The van der Waals surface area contributed by atoms with Crippen LogP contribution in [0.5, 0.6) is 0 Å². The number of nitrogens with zero attached hydrogens (tertiary/aromatic N) is 4. The first kappa shape index (κ1) is 21.6. The topological polar surface area (TPSA) is 46.6 Å². The molecule has 0 aliphatic carbocycles. The molecule has 0 spiro atoms. The summed E-state index contributed by atoms with van der Waals surface area (Å²) in [5, 5.41) is 7.14. The summed E-state index contributed by atoms with van der Waals surface area (Å²) >= 11 is 0. The molecule has 0 radical (unpaired) electrons. The van der Waals surface area contributed by atoms with Crippen LogP contribution in [0.15, 0.2) is 107 Å². The molecule has 6 heterocycles. The van der Waals surface area contributed by atoms with Crippen LogP contribution in [0.25, 0.3) is 33.7 Å². The summed E-state index contributed by atoms with van der Waals surface area (Å²) in [6.07, 6.45) is 6.18. The summed E-state index contributed by atoms with van der Waals surface area (Å²) in [6.45, 7) is 0. The molecule has 0 saturated heterocycles. The van der Waals surface area contributed by atoms with Gasteiger partial charge in [-0.15, -0.1) is 0 Å². The lowest BCUT2D eigenvalue weighted by atomic mass is 9.97. The van der Waals surface area contributed by atoms with Crippen LogP contribution < -0.4 is 16.2 Å². The molecule has 5 nitrogen and oxygen atoms in total. The summed E-state index contributed by atoms with van der Waals surface area (Å²) in [4.78, 5) is 10.8. The van der Waals surface area contributed by atoms with Crippen LogP contribution >= 0.6 is 0 Å². The molecule has 2 aromatic heterocycles. The Morgan fingerprint density at radius 3 is 1.46 bits per heavy atom. The Kier molecular flexibility index (Phi) is 4.08. The second kappa shape index (κ2) is 7.73. The molecule has 6 bridgehead atoms. The highest BCUT2D eigenvalue weighted by Gasteiger charge is 2.32. The van der Waals surface area contributed by atoms with Crippen molar-refractivity contribution in [1.82, 2.24) is 9.35 Å². The van der Waals surface area contributed by atoms with Crippen molar-refractivity contribution in [2.24, 2.45) is 9.98 Å². The Hall–Kier alpha value is -5.16. The van der Waals surface area contributed by atoms with Crippen molar-refractivity contribution >= 4 is 45.1 Å². The maximum absolute atomic E-state index is 5.38. The van der Waals surface area contributed by atoms with Gasteiger partial charge in [0, 0.05) is 45.5 Å². The van der Waals surface area contributed by atoms with Gasteiger partial charge in [-0.3, -0.25) is 9.98 Å². The highest BCUT2D eigenvalue weighted by Crippen LogP contribution is 2.39. The van der Waals surface area contributed by atoms with Gasteiger partial charge in [0.25, 0.3) is 0 Å². The molecular formula is C36H25N5. The number of rotatable bonds is 0. The lowest BCUT2D eigenvalue weighted by Gasteiger charge is -2.21. The highest BCUT2D eigenvalue weighted by molar-refractivity contribution is 6.25. The highest BCUT2D eigenvalue weighted by atomic mass is 15.7. The van der Waals surface area contributed by atoms with E-state index in [2.05, 4.69) is 124 Å². The third kappa shape index (κ3) is 2.85. The van der Waals surface area contributed by atoms with Crippen molar-refractivity contribution in [3.8, 4) is 0 Å². The predicted molar refractivity (Wildman–Crippen MR) is 166 cm³/mol. The Morgan fingerprint density at radius 1 is 0.512 bits per heavy atom. The van der Waals surface area contributed by atoms with Crippen LogP contribution in [0.4, 0.5) is 0 Å². The Morgan fingerprint density at radius 2 is 0.951 bits per heavy atom. The lowest BCUT2D eigenvalue weighted by molar-refractivity contribution is 0.614. The van der Waals surface area contributed by atoms with Gasteiger partial charge in [-0.1, -0.05) is 97.1 Å². The van der Waals surface area contributed by atoms with E-state index in [0.29, 0.717) is 0 Å². The summed E-state index contributed by atoms with van der Waals surface area (Å²) in [5.41, 5.74) is 13.6. The second-order valence-electron chi connectivity index (χ2n) is 11.5. The molecule has 4 aliphatic heterocycles. The maximum atomic E-state index is 5.38. The average molecular weight is 528 g/mol. The van der Waals surface area contributed by atoms with E-state index >= 15 is 0 Å². The lowest BCUT2D eigenvalue weighted by Crippen LogP contribution is -2.40.